The quantitative estimate of drug-likeness (QED) is 0.641. The molecule has 0 aromatic heterocycles. The number of benzene rings is 2. The standard InChI is InChI=1S/C18H20N2O4/c1-4-16(24-17-10-5-7-12(2)13(17)3)18(21)19-14-8-6-9-15(11-14)20(22)23/h5-11,16H,4H2,1-3H3,(H,19,21). The number of rotatable bonds is 6. The van der Waals surface area contributed by atoms with Crippen molar-refractivity contribution < 1.29 is 14.5 Å². The van der Waals surface area contributed by atoms with Crippen molar-refractivity contribution in [3.63, 3.8) is 0 Å². The number of carbonyl (C=O) groups excluding carboxylic acids is 1. The van der Waals surface area contributed by atoms with Gasteiger partial charge in [0.05, 0.1) is 4.92 Å². The lowest BCUT2D eigenvalue weighted by atomic mass is 10.1. The fourth-order valence-electron chi connectivity index (χ4n) is 2.25. The van der Waals surface area contributed by atoms with Gasteiger partial charge in [-0.3, -0.25) is 14.9 Å². The first kappa shape index (κ1) is 17.5. The van der Waals surface area contributed by atoms with Crippen LogP contribution < -0.4 is 10.1 Å². The highest BCUT2D eigenvalue weighted by Crippen LogP contribution is 2.23. The molecular weight excluding hydrogens is 308 g/mol. The molecule has 0 spiro atoms. The zero-order chi connectivity index (χ0) is 17.7. The molecule has 0 aliphatic heterocycles. The second-order valence-corrected chi connectivity index (χ2v) is 5.51. The normalized spacial score (nSPS) is 11.6. The summed E-state index contributed by atoms with van der Waals surface area (Å²) < 4.78 is 5.84. The van der Waals surface area contributed by atoms with Crippen LogP contribution in [-0.4, -0.2) is 16.9 Å². The van der Waals surface area contributed by atoms with Gasteiger partial charge in [-0.25, -0.2) is 0 Å². The molecule has 2 aromatic carbocycles. The zero-order valence-electron chi connectivity index (χ0n) is 13.9. The summed E-state index contributed by atoms with van der Waals surface area (Å²) >= 11 is 0. The summed E-state index contributed by atoms with van der Waals surface area (Å²) in [4.78, 5) is 22.7. The Labute approximate surface area is 140 Å². The van der Waals surface area contributed by atoms with Gasteiger partial charge < -0.3 is 10.1 Å². The molecule has 0 fully saturated rings. The number of anilines is 1. The van der Waals surface area contributed by atoms with Gasteiger partial charge in [-0.2, -0.15) is 0 Å². The van der Waals surface area contributed by atoms with E-state index in [0.717, 1.165) is 11.1 Å². The smallest absolute Gasteiger partial charge is 0.271 e. The van der Waals surface area contributed by atoms with Crippen LogP contribution in [0, 0.1) is 24.0 Å². The number of nitrogens with zero attached hydrogens (tertiary/aromatic N) is 1. The third-order valence-corrected chi connectivity index (χ3v) is 3.81. The summed E-state index contributed by atoms with van der Waals surface area (Å²) in [6.45, 7) is 5.77. The lowest BCUT2D eigenvalue weighted by Crippen LogP contribution is -2.32. The van der Waals surface area contributed by atoms with Gasteiger partial charge in [0.1, 0.15) is 5.75 Å². The van der Waals surface area contributed by atoms with E-state index < -0.39 is 11.0 Å². The van der Waals surface area contributed by atoms with Gasteiger partial charge in [0, 0.05) is 17.8 Å². The predicted molar refractivity (Wildman–Crippen MR) is 92.3 cm³/mol. The second-order valence-electron chi connectivity index (χ2n) is 5.51. The maximum atomic E-state index is 12.4. The Balaban J connectivity index is 2.13. The van der Waals surface area contributed by atoms with Crippen LogP contribution in [0.5, 0.6) is 5.75 Å². The first-order chi connectivity index (χ1) is 11.4. The Morgan fingerprint density at radius 2 is 1.96 bits per heavy atom. The average molecular weight is 328 g/mol. The van der Waals surface area contributed by atoms with Crippen molar-refractivity contribution in [3.05, 3.63) is 63.7 Å². The van der Waals surface area contributed by atoms with Crippen LogP contribution >= 0.6 is 0 Å². The van der Waals surface area contributed by atoms with E-state index in [4.69, 9.17) is 4.74 Å². The molecule has 2 aromatic rings. The number of non-ortho nitro benzene ring substituents is 1. The number of carbonyl (C=O) groups is 1. The van der Waals surface area contributed by atoms with E-state index in [1.54, 1.807) is 6.07 Å². The van der Waals surface area contributed by atoms with Gasteiger partial charge in [-0.15, -0.1) is 0 Å². The van der Waals surface area contributed by atoms with Crippen molar-refractivity contribution in [3.8, 4) is 5.75 Å². The van der Waals surface area contributed by atoms with E-state index in [0.29, 0.717) is 17.9 Å². The molecule has 0 saturated carbocycles. The topological polar surface area (TPSA) is 81.5 Å². The molecule has 0 saturated heterocycles. The van der Waals surface area contributed by atoms with E-state index in [-0.39, 0.29) is 11.6 Å². The summed E-state index contributed by atoms with van der Waals surface area (Å²) in [5.74, 6) is 0.329. The molecule has 1 unspecified atom stereocenters. The number of hydrogen-bond donors (Lipinski definition) is 1. The van der Waals surface area contributed by atoms with Gasteiger partial charge >= 0.3 is 0 Å². The number of hydrogen-bond acceptors (Lipinski definition) is 4. The Hall–Kier alpha value is -2.89. The van der Waals surface area contributed by atoms with E-state index in [1.165, 1.54) is 18.2 Å². The molecule has 6 heteroatoms. The second kappa shape index (κ2) is 7.59. The number of ether oxygens (including phenoxy) is 1. The van der Waals surface area contributed by atoms with Crippen LogP contribution in [0.2, 0.25) is 0 Å². The van der Waals surface area contributed by atoms with Gasteiger partial charge in [0.25, 0.3) is 11.6 Å². The monoisotopic (exact) mass is 328 g/mol. The molecule has 126 valence electrons. The molecule has 1 atom stereocenters. The third-order valence-electron chi connectivity index (χ3n) is 3.81. The summed E-state index contributed by atoms with van der Waals surface area (Å²) in [6.07, 6.45) is -0.196. The largest absolute Gasteiger partial charge is 0.480 e. The molecule has 0 bridgehead atoms. The minimum atomic E-state index is -0.676. The van der Waals surface area contributed by atoms with Crippen molar-refractivity contribution >= 4 is 17.3 Å². The Kier molecular flexibility index (Phi) is 5.52. The number of amides is 1. The Bertz CT molecular complexity index is 758. The molecular formula is C18H20N2O4. The highest BCUT2D eigenvalue weighted by Gasteiger charge is 2.20. The van der Waals surface area contributed by atoms with Crippen LogP contribution in [0.3, 0.4) is 0 Å². The summed E-state index contributed by atoms with van der Waals surface area (Å²) in [7, 11) is 0. The van der Waals surface area contributed by atoms with E-state index in [1.807, 2.05) is 39.0 Å². The van der Waals surface area contributed by atoms with Crippen LogP contribution in [0.4, 0.5) is 11.4 Å². The van der Waals surface area contributed by atoms with Crippen molar-refractivity contribution in [2.45, 2.75) is 33.3 Å². The van der Waals surface area contributed by atoms with Crippen molar-refractivity contribution in [1.29, 1.82) is 0 Å². The molecule has 6 nitrogen and oxygen atoms in total. The number of nitro benzene ring substituents is 1. The van der Waals surface area contributed by atoms with Gasteiger partial charge in [-0.05, 0) is 43.5 Å². The number of nitro groups is 1. The van der Waals surface area contributed by atoms with Gasteiger partial charge in [-0.1, -0.05) is 25.1 Å². The van der Waals surface area contributed by atoms with Crippen LogP contribution in [0.1, 0.15) is 24.5 Å². The van der Waals surface area contributed by atoms with E-state index in [2.05, 4.69) is 5.32 Å². The molecule has 0 heterocycles. The van der Waals surface area contributed by atoms with E-state index >= 15 is 0 Å². The highest BCUT2D eigenvalue weighted by molar-refractivity contribution is 5.94. The number of aryl methyl sites for hydroxylation is 1. The van der Waals surface area contributed by atoms with Crippen LogP contribution in [0.15, 0.2) is 42.5 Å². The average Bonchev–Trinajstić information content (AvgIpc) is 2.56. The maximum absolute atomic E-state index is 12.4. The van der Waals surface area contributed by atoms with Crippen LogP contribution in [0.25, 0.3) is 0 Å². The fraction of sp³-hybridized carbons (Fsp3) is 0.278. The van der Waals surface area contributed by atoms with Crippen molar-refractivity contribution in [2.75, 3.05) is 5.32 Å². The summed E-state index contributed by atoms with van der Waals surface area (Å²) in [5.41, 5.74) is 2.37. The first-order valence-corrected chi connectivity index (χ1v) is 7.70. The van der Waals surface area contributed by atoms with Gasteiger partial charge in [0.2, 0.25) is 0 Å². The molecule has 1 amide bonds. The van der Waals surface area contributed by atoms with Crippen LogP contribution in [-0.2, 0) is 4.79 Å². The molecule has 2 rings (SSSR count). The molecule has 0 radical (unpaired) electrons. The van der Waals surface area contributed by atoms with E-state index in [9.17, 15) is 14.9 Å². The highest BCUT2D eigenvalue weighted by atomic mass is 16.6. The first-order valence-electron chi connectivity index (χ1n) is 7.70. The minimum absolute atomic E-state index is 0.0729. The van der Waals surface area contributed by atoms with Crippen molar-refractivity contribution in [2.24, 2.45) is 0 Å². The summed E-state index contributed by atoms with van der Waals surface area (Å²) in [6, 6.07) is 11.5. The predicted octanol–water partition coefficient (Wildman–Crippen LogP) is 4.01. The molecule has 1 N–H and O–H groups in total. The zero-order valence-corrected chi connectivity index (χ0v) is 13.9. The number of nitrogens with one attached hydrogen (secondary N) is 1. The Morgan fingerprint density at radius 3 is 2.62 bits per heavy atom. The lowest BCUT2D eigenvalue weighted by molar-refractivity contribution is -0.384. The fourth-order valence-corrected chi connectivity index (χ4v) is 2.25. The molecule has 24 heavy (non-hydrogen) atoms. The molecule has 0 aliphatic rings. The Morgan fingerprint density at radius 1 is 1.25 bits per heavy atom. The SMILES string of the molecule is CCC(Oc1cccc(C)c1C)C(=O)Nc1cccc([N+](=O)[O-])c1. The third kappa shape index (κ3) is 4.10. The summed E-state index contributed by atoms with van der Waals surface area (Å²) in [5, 5.41) is 13.5. The lowest BCUT2D eigenvalue weighted by Gasteiger charge is -2.19. The molecule has 0 aliphatic carbocycles. The van der Waals surface area contributed by atoms with Gasteiger partial charge in [0.15, 0.2) is 6.10 Å². The van der Waals surface area contributed by atoms with Crippen molar-refractivity contribution in [1.82, 2.24) is 0 Å². The minimum Gasteiger partial charge on any atom is -0.480 e. The maximum Gasteiger partial charge on any atom is 0.271 e.